The first kappa shape index (κ1) is 13.7. The summed E-state index contributed by atoms with van der Waals surface area (Å²) in [6.45, 7) is 0. The van der Waals surface area contributed by atoms with Crippen LogP contribution in [-0.2, 0) is 0 Å². The van der Waals surface area contributed by atoms with E-state index in [-0.39, 0.29) is 34.1 Å². The summed E-state index contributed by atoms with van der Waals surface area (Å²) >= 11 is 2.96. The van der Waals surface area contributed by atoms with Crippen molar-refractivity contribution in [3.63, 3.8) is 0 Å². The molecule has 1 atom stereocenters. The van der Waals surface area contributed by atoms with Crippen LogP contribution in [-0.4, -0.2) is 5.11 Å². The van der Waals surface area contributed by atoms with Gasteiger partial charge in [0.15, 0.2) is 11.6 Å². The second-order valence-electron chi connectivity index (χ2n) is 3.78. The normalized spacial score (nSPS) is 16.8. The van der Waals surface area contributed by atoms with Gasteiger partial charge in [-0.1, -0.05) is 0 Å². The van der Waals surface area contributed by atoms with Crippen molar-refractivity contribution in [2.24, 2.45) is 11.7 Å². The molecule has 0 radical (unpaired) electrons. The van der Waals surface area contributed by atoms with E-state index in [1.165, 1.54) is 0 Å². The predicted octanol–water partition coefficient (Wildman–Crippen LogP) is 3.26. The predicted molar refractivity (Wildman–Crippen MR) is 62.6 cm³/mol. The van der Waals surface area contributed by atoms with E-state index in [9.17, 15) is 13.9 Å². The molecule has 0 bridgehead atoms. The third kappa shape index (κ3) is 2.31. The Morgan fingerprint density at radius 2 is 2.00 bits per heavy atom. The van der Waals surface area contributed by atoms with Gasteiger partial charge < -0.3 is 10.8 Å². The summed E-state index contributed by atoms with van der Waals surface area (Å²) in [6.07, 6.45) is 1.79. The molecule has 6 heteroatoms. The van der Waals surface area contributed by atoms with Gasteiger partial charge in [-0.05, 0) is 40.8 Å². The SMILES string of the molecule is Cl.N[C@@H](c1c(O)c(Br)cc(F)c1F)C1CC1. The molecule has 1 saturated carbocycles. The van der Waals surface area contributed by atoms with Crippen molar-refractivity contribution in [1.29, 1.82) is 0 Å². The maximum atomic E-state index is 13.4. The first-order chi connectivity index (χ1) is 7.02. The van der Waals surface area contributed by atoms with E-state index < -0.39 is 17.7 Å². The van der Waals surface area contributed by atoms with Gasteiger partial charge in [0.25, 0.3) is 0 Å². The summed E-state index contributed by atoms with van der Waals surface area (Å²) in [4.78, 5) is 0. The molecule has 2 rings (SSSR count). The van der Waals surface area contributed by atoms with Crippen molar-refractivity contribution >= 4 is 28.3 Å². The van der Waals surface area contributed by atoms with E-state index >= 15 is 0 Å². The number of hydrogen-bond acceptors (Lipinski definition) is 2. The number of phenols is 1. The summed E-state index contributed by atoms with van der Waals surface area (Å²) in [6, 6.07) is 0.269. The molecule has 1 aromatic carbocycles. The topological polar surface area (TPSA) is 46.2 Å². The van der Waals surface area contributed by atoms with Crippen LogP contribution in [0, 0.1) is 17.6 Å². The van der Waals surface area contributed by atoms with Crippen molar-refractivity contribution in [2.45, 2.75) is 18.9 Å². The van der Waals surface area contributed by atoms with Gasteiger partial charge in [-0.15, -0.1) is 12.4 Å². The lowest BCUT2D eigenvalue weighted by atomic mass is 10.0. The molecule has 1 aromatic rings. The van der Waals surface area contributed by atoms with Gasteiger partial charge in [-0.2, -0.15) is 0 Å². The van der Waals surface area contributed by atoms with Crippen LogP contribution in [0.4, 0.5) is 8.78 Å². The maximum absolute atomic E-state index is 13.4. The van der Waals surface area contributed by atoms with Crippen LogP contribution in [0.2, 0.25) is 0 Å². The highest BCUT2D eigenvalue weighted by molar-refractivity contribution is 9.10. The van der Waals surface area contributed by atoms with Gasteiger partial charge in [-0.25, -0.2) is 8.78 Å². The zero-order chi connectivity index (χ0) is 11.2. The van der Waals surface area contributed by atoms with Gasteiger partial charge in [0, 0.05) is 6.04 Å². The monoisotopic (exact) mass is 313 g/mol. The number of aromatic hydroxyl groups is 1. The fraction of sp³-hybridized carbons (Fsp3) is 0.400. The molecule has 16 heavy (non-hydrogen) atoms. The molecule has 2 nitrogen and oxygen atoms in total. The minimum atomic E-state index is -1.05. The number of phenolic OH excluding ortho intramolecular Hbond substituents is 1. The first-order valence-electron chi connectivity index (χ1n) is 4.64. The molecule has 0 saturated heterocycles. The number of hydrogen-bond donors (Lipinski definition) is 2. The Morgan fingerprint density at radius 1 is 1.44 bits per heavy atom. The van der Waals surface area contributed by atoms with Crippen LogP contribution in [0.25, 0.3) is 0 Å². The molecule has 0 heterocycles. The smallest absolute Gasteiger partial charge is 0.167 e. The van der Waals surface area contributed by atoms with Crippen LogP contribution < -0.4 is 5.73 Å². The van der Waals surface area contributed by atoms with Gasteiger partial charge in [0.1, 0.15) is 5.75 Å². The zero-order valence-electron chi connectivity index (χ0n) is 8.21. The summed E-state index contributed by atoms with van der Waals surface area (Å²) < 4.78 is 26.7. The van der Waals surface area contributed by atoms with E-state index in [1.807, 2.05) is 0 Å². The Hall–Kier alpha value is -0.390. The quantitative estimate of drug-likeness (QED) is 0.823. The van der Waals surface area contributed by atoms with E-state index in [4.69, 9.17) is 5.73 Å². The molecular weight excluding hydrogens is 303 g/mol. The lowest BCUT2D eigenvalue weighted by Crippen LogP contribution is -2.15. The molecule has 1 aliphatic carbocycles. The van der Waals surface area contributed by atoms with E-state index in [0.29, 0.717) is 0 Å². The molecule has 3 N–H and O–H groups in total. The molecule has 0 spiro atoms. The second kappa shape index (κ2) is 4.85. The molecule has 90 valence electrons. The highest BCUT2D eigenvalue weighted by Crippen LogP contribution is 2.45. The third-order valence-electron chi connectivity index (χ3n) is 2.64. The Bertz CT molecular complexity index is 386. The third-order valence-corrected chi connectivity index (χ3v) is 3.25. The van der Waals surface area contributed by atoms with Crippen molar-refractivity contribution in [3.8, 4) is 5.75 Å². The standard InChI is InChI=1S/C10H10BrF2NO.ClH/c11-5-3-6(12)8(13)7(10(5)15)9(14)4-1-2-4;/h3-4,9,15H,1-2,14H2;1H/t9-;/m1./s1. The number of halogens is 4. The van der Waals surface area contributed by atoms with Crippen molar-refractivity contribution in [2.75, 3.05) is 0 Å². The van der Waals surface area contributed by atoms with Crippen LogP contribution in [0.5, 0.6) is 5.75 Å². The van der Waals surface area contributed by atoms with Crippen LogP contribution in [0.3, 0.4) is 0 Å². The van der Waals surface area contributed by atoms with Gasteiger partial charge in [0.05, 0.1) is 10.0 Å². The van der Waals surface area contributed by atoms with Crippen LogP contribution in [0.1, 0.15) is 24.4 Å². The summed E-state index contributed by atoms with van der Waals surface area (Å²) in [5, 5.41) is 9.62. The van der Waals surface area contributed by atoms with E-state index in [0.717, 1.165) is 18.9 Å². The van der Waals surface area contributed by atoms with Gasteiger partial charge >= 0.3 is 0 Å². The van der Waals surface area contributed by atoms with Crippen LogP contribution >= 0.6 is 28.3 Å². The molecule has 0 aromatic heterocycles. The van der Waals surface area contributed by atoms with Gasteiger partial charge in [0.2, 0.25) is 0 Å². The fourth-order valence-electron chi connectivity index (χ4n) is 1.60. The van der Waals surface area contributed by atoms with E-state index in [2.05, 4.69) is 15.9 Å². The Labute approximate surface area is 106 Å². The molecule has 0 amide bonds. The molecule has 0 aliphatic heterocycles. The minimum Gasteiger partial charge on any atom is -0.506 e. The van der Waals surface area contributed by atoms with Crippen molar-refractivity contribution < 1.29 is 13.9 Å². The highest BCUT2D eigenvalue weighted by atomic mass is 79.9. The molecular formula is C10H11BrClF2NO. The van der Waals surface area contributed by atoms with Gasteiger partial charge in [-0.3, -0.25) is 0 Å². The minimum absolute atomic E-state index is 0. The Balaban J connectivity index is 0.00000128. The number of rotatable bonds is 2. The summed E-state index contributed by atoms with van der Waals surface area (Å²) in [7, 11) is 0. The fourth-order valence-corrected chi connectivity index (χ4v) is 2.01. The molecule has 1 aliphatic rings. The lowest BCUT2D eigenvalue weighted by Gasteiger charge is -2.15. The van der Waals surface area contributed by atoms with Crippen molar-refractivity contribution in [3.05, 3.63) is 27.7 Å². The average Bonchev–Trinajstić information content (AvgIpc) is 2.98. The zero-order valence-corrected chi connectivity index (χ0v) is 10.6. The maximum Gasteiger partial charge on any atom is 0.167 e. The Kier molecular flexibility index (Phi) is 4.15. The highest BCUT2D eigenvalue weighted by Gasteiger charge is 2.34. The average molecular weight is 315 g/mol. The lowest BCUT2D eigenvalue weighted by molar-refractivity contribution is 0.420. The molecule has 1 fully saturated rings. The number of benzene rings is 1. The molecule has 0 unspecified atom stereocenters. The van der Waals surface area contributed by atoms with E-state index in [1.54, 1.807) is 0 Å². The summed E-state index contributed by atoms with van der Waals surface area (Å²) in [5.74, 6) is -2.19. The van der Waals surface area contributed by atoms with Crippen molar-refractivity contribution in [1.82, 2.24) is 0 Å². The largest absolute Gasteiger partial charge is 0.506 e. The van der Waals surface area contributed by atoms with Crippen LogP contribution in [0.15, 0.2) is 10.5 Å². The summed E-state index contributed by atoms with van der Waals surface area (Å²) in [5.41, 5.74) is 5.63. The number of nitrogens with two attached hydrogens (primary N) is 1. The first-order valence-corrected chi connectivity index (χ1v) is 5.43. The Morgan fingerprint density at radius 3 is 2.50 bits per heavy atom. The second-order valence-corrected chi connectivity index (χ2v) is 4.63.